The molecule has 0 saturated carbocycles. The van der Waals surface area contributed by atoms with E-state index in [1.165, 1.54) is 7.11 Å². The summed E-state index contributed by atoms with van der Waals surface area (Å²) in [5.74, 6) is 0. The molecule has 0 fully saturated rings. The number of alkyl halides is 6. The number of methoxy groups -OCH3 is 1. The van der Waals surface area contributed by atoms with Crippen LogP contribution >= 0.6 is 11.3 Å². The van der Waals surface area contributed by atoms with Crippen molar-refractivity contribution >= 4 is 11.3 Å². The van der Waals surface area contributed by atoms with Gasteiger partial charge in [-0.2, -0.15) is 17.6 Å². The molecule has 0 spiro atoms. The summed E-state index contributed by atoms with van der Waals surface area (Å²) < 4.78 is 114. The van der Waals surface area contributed by atoms with Crippen LogP contribution in [0.1, 0.15) is 4.88 Å². The van der Waals surface area contributed by atoms with E-state index in [0.717, 1.165) is 4.88 Å². The second-order valence-corrected chi connectivity index (χ2v) is 8.24. The Morgan fingerprint density at radius 3 is 2.19 bits per heavy atom. The Balaban J connectivity index is 2.17. The van der Waals surface area contributed by atoms with Crippen LogP contribution in [0.5, 0.6) is 0 Å². The lowest BCUT2D eigenvalue weighted by molar-refractivity contribution is -0.517. The van der Waals surface area contributed by atoms with Crippen LogP contribution in [0.2, 0.25) is 0 Å². The van der Waals surface area contributed by atoms with Gasteiger partial charge < -0.3 is 38.6 Å². The van der Waals surface area contributed by atoms with Crippen molar-refractivity contribution < 1.29 is 74.5 Å². The van der Waals surface area contributed by atoms with E-state index >= 15 is 0 Å². The molecule has 1 rings (SSSR count). The molecule has 0 aliphatic carbocycles. The van der Waals surface area contributed by atoms with Gasteiger partial charge in [0.05, 0.1) is 46.2 Å². The number of aliphatic hydroxyl groups is 2. The molecular formula is C20H30F6O10S. The summed E-state index contributed by atoms with van der Waals surface area (Å²) in [5.41, 5.74) is 0. The molecule has 0 aliphatic rings. The number of hydrogen-bond acceptors (Lipinski definition) is 11. The minimum absolute atomic E-state index is 0.00590. The fourth-order valence-corrected chi connectivity index (χ4v) is 2.98. The van der Waals surface area contributed by atoms with Crippen molar-refractivity contribution in [3.8, 4) is 0 Å². The topological polar surface area (TPSA) is 114 Å². The van der Waals surface area contributed by atoms with E-state index in [4.69, 9.17) is 28.8 Å². The van der Waals surface area contributed by atoms with Crippen molar-refractivity contribution in [3.05, 3.63) is 22.4 Å². The summed E-state index contributed by atoms with van der Waals surface area (Å²) in [5, 5.41) is 19.9. The largest absolute Gasteiger partial charge is 0.495 e. The predicted octanol–water partition coefficient (Wildman–Crippen LogP) is 2.43. The Morgan fingerprint density at radius 1 is 0.892 bits per heavy atom. The summed E-state index contributed by atoms with van der Waals surface area (Å²) in [7, 11) is 1.45. The molecule has 0 aliphatic heterocycles. The standard InChI is InChI=1S/C20H30F6O10S/c1-29-14-34-16(10-33-11-17-3-2-6-37-17)9-32-8-15(28)7-30-4-5-31-13-19(23,24)36-20(25,26)35-18(21,22)12-27/h2-3,6,15-16,27-28H,4-5,7-14H2,1H3. The van der Waals surface area contributed by atoms with Gasteiger partial charge in [0.2, 0.25) is 0 Å². The van der Waals surface area contributed by atoms with Gasteiger partial charge in [-0.25, -0.2) is 9.47 Å². The zero-order valence-corrected chi connectivity index (χ0v) is 20.6. The molecule has 218 valence electrons. The number of hydrogen-bond donors (Lipinski definition) is 2. The lowest BCUT2D eigenvalue weighted by Crippen LogP contribution is -2.43. The van der Waals surface area contributed by atoms with Gasteiger partial charge >= 0.3 is 18.5 Å². The number of aliphatic hydroxyl groups excluding tert-OH is 2. The Hall–Kier alpha value is -1.12. The quantitative estimate of drug-likeness (QED) is 0.114. The van der Waals surface area contributed by atoms with Gasteiger partial charge in [-0.3, -0.25) is 0 Å². The van der Waals surface area contributed by atoms with Crippen molar-refractivity contribution in [1.29, 1.82) is 0 Å². The summed E-state index contributed by atoms with van der Waals surface area (Å²) in [6, 6.07) is 3.82. The molecule has 1 aromatic heterocycles. The molecule has 2 unspecified atom stereocenters. The van der Waals surface area contributed by atoms with Gasteiger partial charge in [0.25, 0.3) is 0 Å². The molecule has 0 aromatic carbocycles. The van der Waals surface area contributed by atoms with Crippen LogP contribution in [0.3, 0.4) is 0 Å². The third-order valence-corrected chi connectivity index (χ3v) is 4.69. The summed E-state index contributed by atoms with van der Waals surface area (Å²) in [6.07, 6.45) is -16.5. The average Bonchev–Trinajstić information content (AvgIpc) is 3.31. The molecule has 10 nitrogen and oxygen atoms in total. The van der Waals surface area contributed by atoms with E-state index < -0.39 is 50.5 Å². The first-order chi connectivity index (χ1) is 17.4. The minimum atomic E-state index is -5.40. The second-order valence-electron chi connectivity index (χ2n) is 7.21. The Labute approximate surface area is 212 Å². The van der Waals surface area contributed by atoms with Crippen LogP contribution in [0.15, 0.2) is 17.5 Å². The Kier molecular flexibility index (Phi) is 16.0. The van der Waals surface area contributed by atoms with Gasteiger partial charge in [0, 0.05) is 12.0 Å². The molecule has 1 aromatic rings. The first kappa shape index (κ1) is 33.9. The maximum absolute atomic E-state index is 13.3. The summed E-state index contributed by atoms with van der Waals surface area (Å²) in [6.45, 7) is -4.49. The van der Waals surface area contributed by atoms with E-state index in [2.05, 4.69) is 14.2 Å². The fraction of sp³-hybridized carbons (Fsp3) is 0.800. The highest BCUT2D eigenvalue weighted by Crippen LogP contribution is 2.33. The van der Waals surface area contributed by atoms with Crippen molar-refractivity contribution in [3.63, 3.8) is 0 Å². The van der Waals surface area contributed by atoms with Gasteiger partial charge in [-0.05, 0) is 11.4 Å². The summed E-state index contributed by atoms with van der Waals surface area (Å²) >= 11 is 1.54. The minimum Gasteiger partial charge on any atom is -0.388 e. The maximum atomic E-state index is 13.3. The molecule has 1 heterocycles. The first-order valence-electron chi connectivity index (χ1n) is 10.6. The number of thiophene rings is 1. The van der Waals surface area contributed by atoms with E-state index in [0.29, 0.717) is 6.61 Å². The molecule has 0 saturated heterocycles. The monoisotopic (exact) mass is 576 g/mol. The predicted molar refractivity (Wildman–Crippen MR) is 113 cm³/mol. The van der Waals surface area contributed by atoms with Crippen molar-refractivity contribution in [1.82, 2.24) is 0 Å². The zero-order chi connectivity index (χ0) is 27.8. The van der Waals surface area contributed by atoms with Crippen LogP contribution in [0, 0.1) is 0 Å². The van der Waals surface area contributed by atoms with Gasteiger partial charge in [-0.15, -0.1) is 20.1 Å². The van der Waals surface area contributed by atoms with Crippen LogP contribution in [0.25, 0.3) is 0 Å². The third-order valence-electron chi connectivity index (χ3n) is 3.84. The van der Waals surface area contributed by atoms with E-state index in [-0.39, 0.29) is 39.8 Å². The van der Waals surface area contributed by atoms with Crippen molar-refractivity contribution in [2.24, 2.45) is 0 Å². The molecule has 2 N–H and O–H groups in total. The first-order valence-corrected chi connectivity index (χ1v) is 11.5. The highest BCUT2D eigenvalue weighted by atomic mass is 32.1. The lowest BCUT2D eigenvalue weighted by Gasteiger charge is -2.25. The molecule has 0 radical (unpaired) electrons. The van der Waals surface area contributed by atoms with Crippen LogP contribution in [-0.2, 0) is 44.5 Å². The SMILES string of the molecule is COCOC(COCc1cccs1)COCC(O)COCCOCC(F)(F)OC(F)(F)OC(F)(F)CO. The van der Waals surface area contributed by atoms with Gasteiger partial charge in [0.15, 0.2) is 0 Å². The molecule has 0 amide bonds. The van der Waals surface area contributed by atoms with Crippen molar-refractivity contribution in [2.75, 3.05) is 66.8 Å². The number of rotatable bonds is 23. The molecule has 37 heavy (non-hydrogen) atoms. The summed E-state index contributed by atoms with van der Waals surface area (Å²) in [4.78, 5) is 1.04. The number of ether oxygens (including phenoxy) is 8. The molecular weight excluding hydrogens is 546 g/mol. The Morgan fingerprint density at radius 2 is 1.54 bits per heavy atom. The van der Waals surface area contributed by atoms with Gasteiger partial charge in [-0.1, -0.05) is 6.07 Å². The maximum Gasteiger partial charge on any atom is 0.495 e. The normalized spacial score (nSPS) is 14.7. The van der Waals surface area contributed by atoms with E-state index in [9.17, 15) is 31.4 Å². The highest BCUT2D eigenvalue weighted by Gasteiger charge is 2.52. The third kappa shape index (κ3) is 17.2. The van der Waals surface area contributed by atoms with E-state index in [1.54, 1.807) is 11.3 Å². The second kappa shape index (κ2) is 17.5. The number of halogens is 6. The van der Waals surface area contributed by atoms with Crippen LogP contribution in [0.4, 0.5) is 26.3 Å². The fourth-order valence-electron chi connectivity index (χ4n) is 2.34. The van der Waals surface area contributed by atoms with Crippen LogP contribution in [-0.4, -0.2) is 108 Å². The van der Waals surface area contributed by atoms with Crippen molar-refractivity contribution in [2.45, 2.75) is 37.3 Å². The Bertz CT molecular complexity index is 701. The molecule has 17 heteroatoms. The highest BCUT2D eigenvalue weighted by molar-refractivity contribution is 7.09. The zero-order valence-electron chi connectivity index (χ0n) is 19.8. The van der Waals surface area contributed by atoms with Gasteiger partial charge in [0.1, 0.15) is 32.2 Å². The average molecular weight is 577 g/mol. The van der Waals surface area contributed by atoms with Crippen LogP contribution < -0.4 is 0 Å². The van der Waals surface area contributed by atoms with E-state index in [1.807, 2.05) is 17.5 Å². The lowest BCUT2D eigenvalue weighted by atomic mass is 10.4. The smallest absolute Gasteiger partial charge is 0.388 e. The molecule has 2 atom stereocenters. The molecule has 0 bridgehead atoms.